The molecule has 0 saturated carbocycles. The van der Waals surface area contributed by atoms with E-state index in [-0.39, 0.29) is 0 Å². The molecule has 2 rings (SSSR count). The van der Waals surface area contributed by atoms with E-state index in [4.69, 9.17) is 27.9 Å². The maximum atomic E-state index is 6.15. The smallest absolute Gasteiger partial charge is 0.146 e. The van der Waals surface area contributed by atoms with E-state index in [1.54, 1.807) is 17.8 Å². The lowest BCUT2D eigenvalue weighted by atomic mass is 10.3. The van der Waals surface area contributed by atoms with Gasteiger partial charge < -0.3 is 10.1 Å². The lowest BCUT2D eigenvalue weighted by Gasteiger charge is -2.11. The molecule has 1 atom stereocenters. The molecule has 1 aliphatic rings. The highest BCUT2D eigenvalue weighted by molar-refractivity contribution is 7.99. The van der Waals surface area contributed by atoms with Gasteiger partial charge in [0.05, 0.1) is 16.1 Å². The SMILES string of the molecule is CCNc1nc(SCC2CCCO2)c(Cl)cc1Cl. The first-order valence-corrected chi connectivity index (χ1v) is 7.79. The van der Waals surface area contributed by atoms with Crippen molar-refractivity contribution in [1.29, 1.82) is 0 Å². The monoisotopic (exact) mass is 306 g/mol. The molecule has 0 bridgehead atoms. The Bertz CT molecular complexity index is 411. The fraction of sp³-hybridized carbons (Fsp3) is 0.583. The zero-order valence-corrected chi connectivity index (χ0v) is 12.5. The summed E-state index contributed by atoms with van der Waals surface area (Å²) >= 11 is 13.8. The summed E-state index contributed by atoms with van der Waals surface area (Å²) in [6.07, 6.45) is 2.60. The van der Waals surface area contributed by atoms with Gasteiger partial charge in [0.2, 0.25) is 0 Å². The van der Waals surface area contributed by atoms with Crippen molar-refractivity contribution in [1.82, 2.24) is 4.98 Å². The number of rotatable bonds is 5. The molecule has 1 aromatic heterocycles. The van der Waals surface area contributed by atoms with E-state index in [2.05, 4.69) is 10.3 Å². The standard InChI is InChI=1S/C12H16Cl2N2OS/c1-2-15-11-9(13)6-10(14)12(16-11)18-7-8-4-3-5-17-8/h6,8H,2-5,7H2,1H3,(H,15,16). The molecule has 1 fully saturated rings. The van der Waals surface area contributed by atoms with Crippen LogP contribution in [-0.4, -0.2) is 30.0 Å². The molecular weight excluding hydrogens is 291 g/mol. The molecule has 0 amide bonds. The average molecular weight is 307 g/mol. The van der Waals surface area contributed by atoms with Crippen LogP contribution < -0.4 is 5.32 Å². The van der Waals surface area contributed by atoms with Crippen molar-refractivity contribution in [2.75, 3.05) is 24.2 Å². The molecular formula is C12H16Cl2N2OS. The van der Waals surface area contributed by atoms with Gasteiger partial charge in [0, 0.05) is 18.9 Å². The second-order valence-corrected chi connectivity index (χ2v) is 5.91. The Morgan fingerprint density at radius 3 is 3.00 bits per heavy atom. The van der Waals surface area contributed by atoms with Crippen LogP contribution >= 0.6 is 35.0 Å². The molecule has 1 aromatic rings. The third-order valence-corrected chi connectivity index (χ3v) is 4.48. The summed E-state index contributed by atoms with van der Waals surface area (Å²) in [6.45, 7) is 3.66. The predicted octanol–water partition coefficient (Wildman–Crippen LogP) is 4.09. The predicted molar refractivity (Wildman–Crippen MR) is 78.1 cm³/mol. The van der Waals surface area contributed by atoms with Gasteiger partial charge >= 0.3 is 0 Å². The highest BCUT2D eigenvalue weighted by Crippen LogP contribution is 2.33. The van der Waals surface area contributed by atoms with Crippen LogP contribution in [0, 0.1) is 0 Å². The number of nitrogens with one attached hydrogen (secondary N) is 1. The number of thioether (sulfide) groups is 1. The average Bonchev–Trinajstić information content (AvgIpc) is 2.84. The van der Waals surface area contributed by atoms with Gasteiger partial charge in [0.25, 0.3) is 0 Å². The van der Waals surface area contributed by atoms with Gasteiger partial charge in [0.15, 0.2) is 0 Å². The van der Waals surface area contributed by atoms with Crippen molar-refractivity contribution in [3.05, 3.63) is 16.1 Å². The normalized spacial score (nSPS) is 19.2. The highest BCUT2D eigenvalue weighted by Gasteiger charge is 2.17. The number of aromatic nitrogens is 1. The number of nitrogens with zero attached hydrogens (tertiary/aromatic N) is 1. The van der Waals surface area contributed by atoms with Gasteiger partial charge in [0.1, 0.15) is 10.8 Å². The maximum absolute atomic E-state index is 6.15. The van der Waals surface area contributed by atoms with Crippen LogP contribution in [0.4, 0.5) is 5.82 Å². The van der Waals surface area contributed by atoms with Crippen LogP contribution in [-0.2, 0) is 4.74 Å². The topological polar surface area (TPSA) is 34.2 Å². The van der Waals surface area contributed by atoms with E-state index in [9.17, 15) is 0 Å². The molecule has 0 aromatic carbocycles. The van der Waals surface area contributed by atoms with Gasteiger partial charge in [-0.25, -0.2) is 4.98 Å². The van der Waals surface area contributed by atoms with E-state index >= 15 is 0 Å². The molecule has 0 aliphatic carbocycles. The summed E-state index contributed by atoms with van der Waals surface area (Å²) in [7, 11) is 0. The Kier molecular flexibility index (Phi) is 5.42. The fourth-order valence-electron chi connectivity index (χ4n) is 1.79. The Hall–Kier alpha value is -0.160. The summed E-state index contributed by atoms with van der Waals surface area (Å²) < 4.78 is 5.58. The summed E-state index contributed by atoms with van der Waals surface area (Å²) in [5.74, 6) is 1.58. The van der Waals surface area contributed by atoms with E-state index < -0.39 is 0 Å². The van der Waals surface area contributed by atoms with Crippen molar-refractivity contribution in [3.63, 3.8) is 0 Å². The second-order valence-electron chi connectivity index (χ2n) is 4.08. The van der Waals surface area contributed by atoms with Crippen LogP contribution in [0.25, 0.3) is 0 Å². The Balaban J connectivity index is 2.03. The molecule has 2 heterocycles. The minimum absolute atomic E-state index is 0.325. The Morgan fingerprint density at radius 2 is 2.33 bits per heavy atom. The van der Waals surface area contributed by atoms with E-state index in [0.717, 1.165) is 36.8 Å². The molecule has 18 heavy (non-hydrogen) atoms. The van der Waals surface area contributed by atoms with Crippen molar-refractivity contribution in [3.8, 4) is 0 Å². The van der Waals surface area contributed by atoms with Crippen molar-refractivity contribution < 1.29 is 4.74 Å². The summed E-state index contributed by atoms with van der Waals surface area (Å²) in [5, 5.41) is 5.10. The van der Waals surface area contributed by atoms with Gasteiger partial charge in [-0.15, -0.1) is 11.8 Å². The Labute approximate surface area is 122 Å². The quantitative estimate of drug-likeness (QED) is 0.831. The minimum atomic E-state index is 0.325. The minimum Gasteiger partial charge on any atom is -0.377 e. The van der Waals surface area contributed by atoms with Crippen molar-refractivity contribution >= 4 is 40.8 Å². The maximum Gasteiger partial charge on any atom is 0.146 e. The number of ether oxygens (including phenoxy) is 1. The van der Waals surface area contributed by atoms with Gasteiger partial charge in [-0.3, -0.25) is 0 Å². The highest BCUT2D eigenvalue weighted by atomic mass is 35.5. The summed E-state index contributed by atoms with van der Waals surface area (Å²) in [5.41, 5.74) is 0. The first kappa shape index (κ1) is 14.3. The van der Waals surface area contributed by atoms with E-state index in [1.165, 1.54) is 0 Å². The van der Waals surface area contributed by atoms with Crippen LogP contribution in [0.15, 0.2) is 11.1 Å². The first-order chi connectivity index (χ1) is 8.70. The van der Waals surface area contributed by atoms with Crippen LogP contribution in [0.5, 0.6) is 0 Å². The first-order valence-electron chi connectivity index (χ1n) is 6.05. The molecule has 3 nitrogen and oxygen atoms in total. The van der Waals surface area contributed by atoms with Gasteiger partial charge in [-0.2, -0.15) is 0 Å². The molecule has 1 unspecified atom stereocenters. The number of pyridine rings is 1. The zero-order chi connectivity index (χ0) is 13.0. The van der Waals surface area contributed by atoms with Crippen LogP contribution in [0.3, 0.4) is 0 Å². The zero-order valence-electron chi connectivity index (χ0n) is 10.2. The summed E-state index contributed by atoms with van der Waals surface area (Å²) in [6, 6.07) is 1.74. The Morgan fingerprint density at radius 1 is 1.50 bits per heavy atom. The molecule has 1 aliphatic heterocycles. The molecule has 1 saturated heterocycles. The number of halogens is 2. The largest absolute Gasteiger partial charge is 0.377 e. The van der Waals surface area contributed by atoms with E-state index in [1.807, 2.05) is 6.92 Å². The molecule has 100 valence electrons. The van der Waals surface area contributed by atoms with Gasteiger partial charge in [-0.1, -0.05) is 23.2 Å². The third-order valence-electron chi connectivity index (χ3n) is 2.67. The van der Waals surface area contributed by atoms with Gasteiger partial charge in [-0.05, 0) is 25.8 Å². The summed E-state index contributed by atoms with van der Waals surface area (Å²) in [4.78, 5) is 4.45. The lowest BCUT2D eigenvalue weighted by molar-refractivity contribution is 0.129. The number of anilines is 1. The molecule has 1 N–H and O–H groups in total. The van der Waals surface area contributed by atoms with Crippen molar-refractivity contribution in [2.45, 2.75) is 30.9 Å². The van der Waals surface area contributed by atoms with Crippen LogP contribution in [0.2, 0.25) is 10.0 Å². The van der Waals surface area contributed by atoms with Crippen molar-refractivity contribution in [2.24, 2.45) is 0 Å². The molecule has 6 heteroatoms. The van der Waals surface area contributed by atoms with Crippen LogP contribution in [0.1, 0.15) is 19.8 Å². The fourth-order valence-corrected chi connectivity index (χ4v) is 3.34. The lowest BCUT2D eigenvalue weighted by Crippen LogP contribution is -2.08. The second kappa shape index (κ2) is 6.85. The molecule has 0 radical (unpaired) electrons. The molecule has 0 spiro atoms. The van der Waals surface area contributed by atoms with E-state index in [0.29, 0.717) is 22.0 Å². The third kappa shape index (κ3) is 3.67. The number of hydrogen-bond donors (Lipinski definition) is 1. The number of hydrogen-bond acceptors (Lipinski definition) is 4.